The smallest absolute Gasteiger partial charge is 0.387 e. The van der Waals surface area contributed by atoms with E-state index >= 15 is 0 Å². The Labute approximate surface area is 162 Å². The fourth-order valence-corrected chi connectivity index (χ4v) is 3.27. The highest BCUT2D eigenvalue weighted by Gasteiger charge is 2.30. The summed E-state index contributed by atoms with van der Waals surface area (Å²) < 4.78 is 35.2. The van der Waals surface area contributed by atoms with Gasteiger partial charge in [-0.1, -0.05) is 17.3 Å². The van der Waals surface area contributed by atoms with Crippen LogP contribution in [-0.4, -0.2) is 53.7 Å². The number of hydrogen-bond donors (Lipinski definition) is 1. The van der Waals surface area contributed by atoms with E-state index in [1.165, 1.54) is 12.1 Å². The second kappa shape index (κ2) is 9.09. The van der Waals surface area contributed by atoms with Gasteiger partial charge in [-0.2, -0.15) is 13.8 Å². The Hall–Kier alpha value is -2.55. The molecular weight excluding hydrogens is 370 g/mol. The minimum atomic E-state index is -2.99. The van der Waals surface area contributed by atoms with Crippen molar-refractivity contribution in [2.24, 2.45) is 0 Å². The Bertz CT molecular complexity index is 799. The van der Waals surface area contributed by atoms with Gasteiger partial charge in [-0.3, -0.25) is 4.79 Å². The van der Waals surface area contributed by atoms with Crippen molar-refractivity contribution in [3.05, 3.63) is 41.5 Å². The van der Waals surface area contributed by atoms with Crippen LogP contribution in [0.4, 0.5) is 8.78 Å². The number of amides is 1. The summed E-state index contributed by atoms with van der Waals surface area (Å²) in [5.74, 6) is 0.589. The van der Waals surface area contributed by atoms with Gasteiger partial charge in [0, 0.05) is 25.6 Å². The molecule has 2 aromatic rings. The second-order valence-electron chi connectivity index (χ2n) is 6.91. The van der Waals surface area contributed by atoms with Crippen LogP contribution in [0.2, 0.25) is 0 Å². The Kier molecular flexibility index (Phi) is 6.56. The first-order chi connectivity index (χ1) is 13.5. The highest BCUT2D eigenvalue weighted by molar-refractivity contribution is 5.97. The summed E-state index contributed by atoms with van der Waals surface area (Å²) in [6.45, 7) is -0.0307. The molecule has 2 atom stereocenters. The number of aromatic nitrogens is 2. The summed E-state index contributed by atoms with van der Waals surface area (Å²) in [6.07, 6.45) is 2.23. The molecule has 1 N–H and O–H groups in total. The number of carbonyl (C=O) groups excluding carboxylic acids is 1. The fourth-order valence-electron chi connectivity index (χ4n) is 3.27. The summed E-state index contributed by atoms with van der Waals surface area (Å²) in [4.78, 5) is 19.0. The molecule has 7 nitrogen and oxygen atoms in total. The highest BCUT2D eigenvalue weighted by Crippen LogP contribution is 2.29. The van der Waals surface area contributed by atoms with Crippen LogP contribution in [0.1, 0.15) is 47.8 Å². The number of likely N-dealkylation sites (N-methyl/N-ethyl adjacent to an activating group) is 1. The predicted molar refractivity (Wildman–Crippen MR) is 97.5 cm³/mol. The molecule has 1 aromatic heterocycles. The lowest BCUT2D eigenvalue weighted by atomic mass is 9.97. The van der Waals surface area contributed by atoms with E-state index in [2.05, 4.69) is 20.2 Å². The van der Waals surface area contributed by atoms with Crippen molar-refractivity contribution in [1.29, 1.82) is 0 Å². The number of likely N-dealkylation sites (tertiary alicyclic amines) is 1. The van der Waals surface area contributed by atoms with Crippen LogP contribution in [-0.2, 0) is 6.42 Å². The number of para-hydroxylation sites is 1. The number of hydrogen-bond acceptors (Lipinski definition) is 6. The maximum Gasteiger partial charge on any atom is 0.387 e. The van der Waals surface area contributed by atoms with E-state index in [0.717, 1.165) is 12.8 Å². The van der Waals surface area contributed by atoms with Crippen LogP contribution in [0.25, 0.3) is 0 Å². The zero-order valence-electron chi connectivity index (χ0n) is 15.9. The molecule has 9 heteroatoms. The van der Waals surface area contributed by atoms with Crippen molar-refractivity contribution in [2.75, 3.05) is 20.1 Å². The number of piperidine rings is 1. The number of nitrogens with zero attached hydrogens (tertiary/aromatic N) is 3. The molecule has 0 aliphatic carbocycles. The van der Waals surface area contributed by atoms with Gasteiger partial charge in [-0.15, -0.1) is 0 Å². The molecule has 1 aliphatic rings. The predicted octanol–water partition coefficient (Wildman–Crippen LogP) is 2.84. The van der Waals surface area contributed by atoms with Crippen LogP contribution >= 0.6 is 0 Å². The summed E-state index contributed by atoms with van der Waals surface area (Å²) >= 11 is 0. The van der Waals surface area contributed by atoms with Gasteiger partial charge < -0.3 is 19.5 Å². The minimum absolute atomic E-state index is 0.0768. The molecule has 1 aliphatic heterocycles. The zero-order valence-corrected chi connectivity index (χ0v) is 15.9. The van der Waals surface area contributed by atoms with Gasteiger partial charge in [0.25, 0.3) is 5.91 Å². The number of halogens is 2. The third-order valence-electron chi connectivity index (χ3n) is 4.86. The molecule has 2 unspecified atom stereocenters. The molecule has 1 amide bonds. The van der Waals surface area contributed by atoms with Crippen molar-refractivity contribution < 1.29 is 22.8 Å². The molecule has 0 radical (unpaired) electrons. The van der Waals surface area contributed by atoms with E-state index in [1.54, 1.807) is 17.0 Å². The molecule has 0 bridgehead atoms. The van der Waals surface area contributed by atoms with Crippen LogP contribution < -0.4 is 10.1 Å². The van der Waals surface area contributed by atoms with E-state index in [4.69, 9.17) is 4.52 Å². The Morgan fingerprint density at radius 2 is 2.21 bits per heavy atom. The highest BCUT2D eigenvalue weighted by atomic mass is 19.3. The van der Waals surface area contributed by atoms with Crippen LogP contribution in [0.3, 0.4) is 0 Å². The van der Waals surface area contributed by atoms with Gasteiger partial charge in [-0.05, 0) is 38.9 Å². The molecule has 0 spiro atoms. The quantitative estimate of drug-likeness (QED) is 0.778. The molecule has 1 fully saturated rings. The van der Waals surface area contributed by atoms with E-state index in [-0.39, 0.29) is 29.2 Å². The maximum absolute atomic E-state index is 12.9. The van der Waals surface area contributed by atoms with Crippen LogP contribution in [0.5, 0.6) is 5.75 Å². The van der Waals surface area contributed by atoms with Gasteiger partial charge in [0.05, 0.1) is 11.5 Å². The lowest BCUT2D eigenvalue weighted by molar-refractivity contribution is -0.0503. The van der Waals surface area contributed by atoms with E-state index in [1.807, 2.05) is 14.0 Å². The van der Waals surface area contributed by atoms with Crippen molar-refractivity contribution in [2.45, 2.75) is 44.8 Å². The Morgan fingerprint density at radius 1 is 1.43 bits per heavy atom. The number of nitrogens with one attached hydrogen (secondary N) is 1. The topological polar surface area (TPSA) is 80.5 Å². The third-order valence-corrected chi connectivity index (χ3v) is 4.86. The van der Waals surface area contributed by atoms with Crippen molar-refractivity contribution >= 4 is 5.91 Å². The molecule has 0 saturated carbocycles. The molecule has 1 saturated heterocycles. The molecule has 2 heterocycles. The Balaban J connectivity index is 1.71. The average molecular weight is 394 g/mol. The van der Waals surface area contributed by atoms with Crippen molar-refractivity contribution in [1.82, 2.24) is 20.4 Å². The van der Waals surface area contributed by atoms with E-state index in [9.17, 15) is 13.6 Å². The van der Waals surface area contributed by atoms with Crippen molar-refractivity contribution in [3.63, 3.8) is 0 Å². The summed E-state index contributed by atoms with van der Waals surface area (Å²) in [5.41, 5.74) is 0.123. The number of benzene rings is 1. The standard InChI is InChI=1S/C19H24F2N4O3/c1-12(22-2)10-16-23-17(28-24-16)13-6-5-9-25(11-13)18(26)14-7-3-4-8-15(14)27-19(20)21/h3-4,7-8,12-13,19,22H,5-6,9-11H2,1-2H3. The molecule has 28 heavy (non-hydrogen) atoms. The molecule has 3 rings (SSSR count). The normalized spacial score (nSPS) is 18.3. The average Bonchev–Trinajstić information content (AvgIpc) is 3.16. The number of ether oxygens (including phenoxy) is 1. The number of rotatable bonds is 7. The van der Waals surface area contributed by atoms with Crippen molar-refractivity contribution in [3.8, 4) is 5.75 Å². The van der Waals surface area contributed by atoms with E-state index in [0.29, 0.717) is 31.2 Å². The first-order valence-electron chi connectivity index (χ1n) is 9.30. The lowest BCUT2D eigenvalue weighted by Gasteiger charge is -2.31. The largest absolute Gasteiger partial charge is 0.434 e. The molecule has 1 aromatic carbocycles. The minimum Gasteiger partial charge on any atom is -0.434 e. The third kappa shape index (κ3) is 4.83. The van der Waals surface area contributed by atoms with Gasteiger partial charge in [-0.25, -0.2) is 0 Å². The summed E-state index contributed by atoms with van der Waals surface area (Å²) in [6, 6.07) is 6.27. The monoisotopic (exact) mass is 394 g/mol. The van der Waals surface area contributed by atoms with Gasteiger partial charge in [0.1, 0.15) is 5.75 Å². The SMILES string of the molecule is CNC(C)Cc1noc(C2CCCN(C(=O)c3ccccc3OC(F)F)C2)n1. The van der Waals surface area contributed by atoms with Crippen LogP contribution in [0, 0.1) is 0 Å². The zero-order chi connectivity index (χ0) is 20.1. The maximum atomic E-state index is 12.9. The van der Waals surface area contributed by atoms with Gasteiger partial charge in [0.2, 0.25) is 5.89 Å². The summed E-state index contributed by atoms with van der Waals surface area (Å²) in [5, 5.41) is 7.14. The summed E-state index contributed by atoms with van der Waals surface area (Å²) in [7, 11) is 1.87. The second-order valence-corrected chi connectivity index (χ2v) is 6.91. The van der Waals surface area contributed by atoms with Gasteiger partial charge in [0.15, 0.2) is 5.82 Å². The number of alkyl halides is 2. The van der Waals surface area contributed by atoms with Crippen LogP contribution in [0.15, 0.2) is 28.8 Å². The van der Waals surface area contributed by atoms with E-state index < -0.39 is 6.61 Å². The first-order valence-corrected chi connectivity index (χ1v) is 9.30. The first kappa shape index (κ1) is 20.2. The molecular formula is C19H24F2N4O3. The number of carbonyl (C=O) groups is 1. The molecule has 152 valence electrons. The Morgan fingerprint density at radius 3 is 2.96 bits per heavy atom. The lowest BCUT2D eigenvalue weighted by Crippen LogP contribution is -2.39. The van der Waals surface area contributed by atoms with Gasteiger partial charge >= 0.3 is 6.61 Å². The fraction of sp³-hybridized carbons (Fsp3) is 0.526.